The Kier molecular flexibility index (Phi) is 3.87. The van der Waals surface area contributed by atoms with Crippen LogP contribution in [0.25, 0.3) is 0 Å². The van der Waals surface area contributed by atoms with Crippen molar-refractivity contribution >= 4 is 0 Å². The van der Waals surface area contributed by atoms with Crippen LogP contribution in [0.3, 0.4) is 0 Å². The zero-order chi connectivity index (χ0) is 16.1. The van der Waals surface area contributed by atoms with Gasteiger partial charge in [-0.05, 0) is 45.7 Å². The summed E-state index contributed by atoms with van der Waals surface area (Å²) in [5.41, 5.74) is -1.99. The summed E-state index contributed by atoms with van der Waals surface area (Å²) in [7, 11) is 0. The SMILES string of the molecule is CC1(C)CC(C(O)c2ccccc2C(F)(F)F)C(C)(C)O1. The molecule has 0 spiro atoms. The molecule has 1 aliphatic heterocycles. The Morgan fingerprint density at radius 3 is 2.24 bits per heavy atom. The summed E-state index contributed by atoms with van der Waals surface area (Å²) >= 11 is 0. The number of halogens is 3. The van der Waals surface area contributed by atoms with Gasteiger partial charge in [0.25, 0.3) is 0 Å². The van der Waals surface area contributed by atoms with Crippen LogP contribution in [0.1, 0.15) is 51.3 Å². The van der Waals surface area contributed by atoms with Crippen molar-refractivity contribution in [3.05, 3.63) is 35.4 Å². The number of aliphatic hydroxyl groups is 1. The van der Waals surface area contributed by atoms with Crippen molar-refractivity contribution in [2.24, 2.45) is 5.92 Å². The Morgan fingerprint density at radius 2 is 1.76 bits per heavy atom. The van der Waals surface area contributed by atoms with Crippen molar-refractivity contribution in [3.8, 4) is 0 Å². The van der Waals surface area contributed by atoms with Crippen molar-refractivity contribution in [3.63, 3.8) is 0 Å². The highest BCUT2D eigenvalue weighted by atomic mass is 19.4. The minimum atomic E-state index is -4.48. The van der Waals surface area contributed by atoms with Crippen molar-refractivity contribution in [1.82, 2.24) is 0 Å². The van der Waals surface area contributed by atoms with Gasteiger partial charge < -0.3 is 9.84 Å². The minimum Gasteiger partial charge on any atom is -0.388 e. The molecule has 0 saturated carbocycles. The van der Waals surface area contributed by atoms with Crippen molar-refractivity contribution in [1.29, 1.82) is 0 Å². The standard InChI is InChI=1S/C16H21F3O2/c1-14(2)9-12(15(3,4)21-14)13(20)10-7-5-6-8-11(10)16(17,18)19/h5-8,12-13,20H,9H2,1-4H3. The van der Waals surface area contributed by atoms with Gasteiger partial charge in [-0.2, -0.15) is 13.2 Å². The smallest absolute Gasteiger partial charge is 0.388 e. The maximum atomic E-state index is 13.1. The van der Waals surface area contributed by atoms with Crippen molar-refractivity contribution in [2.75, 3.05) is 0 Å². The first-order valence-electron chi connectivity index (χ1n) is 6.98. The number of hydrogen-bond donors (Lipinski definition) is 1. The molecule has 1 aromatic rings. The maximum absolute atomic E-state index is 13.1. The monoisotopic (exact) mass is 302 g/mol. The highest BCUT2D eigenvalue weighted by Gasteiger charge is 2.50. The van der Waals surface area contributed by atoms with E-state index in [-0.39, 0.29) is 5.56 Å². The van der Waals surface area contributed by atoms with Crippen LogP contribution in [-0.4, -0.2) is 16.3 Å². The Balaban J connectivity index is 2.40. The Bertz CT molecular complexity index is 520. The highest BCUT2D eigenvalue weighted by Crippen LogP contribution is 2.49. The van der Waals surface area contributed by atoms with E-state index in [0.29, 0.717) is 6.42 Å². The van der Waals surface area contributed by atoms with Gasteiger partial charge in [0.2, 0.25) is 0 Å². The van der Waals surface area contributed by atoms with E-state index in [1.54, 1.807) is 0 Å². The average molecular weight is 302 g/mol. The second kappa shape index (κ2) is 4.99. The third kappa shape index (κ3) is 3.24. The average Bonchev–Trinajstić information content (AvgIpc) is 2.55. The lowest BCUT2D eigenvalue weighted by Gasteiger charge is -2.31. The van der Waals surface area contributed by atoms with Gasteiger partial charge in [-0.1, -0.05) is 18.2 Å². The molecular weight excluding hydrogens is 281 g/mol. The van der Waals surface area contributed by atoms with Crippen LogP contribution in [0.5, 0.6) is 0 Å². The van der Waals surface area contributed by atoms with Crippen molar-refractivity contribution in [2.45, 2.75) is 57.6 Å². The molecule has 0 amide bonds. The van der Waals surface area contributed by atoms with Gasteiger partial charge in [0.05, 0.1) is 22.9 Å². The molecule has 1 fully saturated rings. The lowest BCUT2D eigenvalue weighted by molar-refractivity contribution is -0.140. The largest absolute Gasteiger partial charge is 0.416 e. The van der Waals surface area contributed by atoms with Crippen molar-refractivity contribution < 1.29 is 23.0 Å². The molecule has 2 atom stereocenters. The van der Waals surface area contributed by atoms with E-state index in [1.165, 1.54) is 18.2 Å². The molecule has 118 valence electrons. The van der Waals surface area contributed by atoms with Crippen LogP contribution in [0.2, 0.25) is 0 Å². The fraction of sp³-hybridized carbons (Fsp3) is 0.625. The molecule has 1 heterocycles. The Hall–Kier alpha value is -1.07. The van der Waals surface area contributed by atoms with Crippen LogP contribution in [0.4, 0.5) is 13.2 Å². The molecule has 1 aromatic carbocycles. The maximum Gasteiger partial charge on any atom is 0.416 e. The van der Waals surface area contributed by atoms with Crippen LogP contribution >= 0.6 is 0 Å². The zero-order valence-electron chi connectivity index (χ0n) is 12.7. The summed E-state index contributed by atoms with van der Waals surface area (Å²) in [6.45, 7) is 7.39. The molecule has 2 unspecified atom stereocenters. The predicted molar refractivity (Wildman–Crippen MR) is 73.8 cm³/mol. The fourth-order valence-electron chi connectivity index (χ4n) is 3.33. The normalized spacial score (nSPS) is 25.8. The Morgan fingerprint density at radius 1 is 1.19 bits per heavy atom. The van der Waals surface area contributed by atoms with E-state index in [1.807, 2.05) is 27.7 Å². The summed E-state index contributed by atoms with van der Waals surface area (Å²) in [6.07, 6.45) is -5.18. The van der Waals surface area contributed by atoms with Gasteiger partial charge in [0, 0.05) is 5.92 Å². The number of benzene rings is 1. The lowest BCUT2D eigenvalue weighted by atomic mass is 9.79. The molecule has 5 heteroatoms. The number of ether oxygens (including phenoxy) is 1. The van der Waals surface area contributed by atoms with E-state index in [2.05, 4.69) is 0 Å². The van der Waals surface area contributed by atoms with E-state index in [0.717, 1.165) is 6.07 Å². The topological polar surface area (TPSA) is 29.5 Å². The number of rotatable bonds is 2. The number of aliphatic hydroxyl groups excluding tert-OH is 1. The lowest BCUT2D eigenvalue weighted by Crippen LogP contribution is -2.33. The quantitative estimate of drug-likeness (QED) is 0.881. The summed E-state index contributed by atoms with van der Waals surface area (Å²) in [6, 6.07) is 5.20. The van der Waals surface area contributed by atoms with E-state index >= 15 is 0 Å². The molecule has 2 rings (SSSR count). The predicted octanol–water partition coefficient (Wildman–Crippen LogP) is 4.33. The second-order valence-corrected chi connectivity index (χ2v) is 6.81. The first kappa shape index (κ1) is 16.3. The number of hydrogen-bond acceptors (Lipinski definition) is 2. The molecule has 1 aliphatic rings. The summed E-state index contributed by atoms with van der Waals surface area (Å²) < 4.78 is 45.2. The van der Waals surface area contributed by atoms with Gasteiger partial charge in [0.1, 0.15) is 0 Å². The molecule has 0 radical (unpaired) electrons. The summed E-state index contributed by atoms with van der Waals surface area (Å²) in [5, 5.41) is 10.6. The third-order valence-corrected chi connectivity index (χ3v) is 4.11. The molecule has 1 saturated heterocycles. The molecular formula is C16H21F3O2. The first-order valence-corrected chi connectivity index (χ1v) is 6.98. The Labute approximate surface area is 122 Å². The van der Waals surface area contributed by atoms with Gasteiger partial charge in [-0.3, -0.25) is 0 Å². The van der Waals surface area contributed by atoms with Crippen LogP contribution in [-0.2, 0) is 10.9 Å². The molecule has 0 aromatic heterocycles. The van der Waals surface area contributed by atoms with Gasteiger partial charge in [-0.15, -0.1) is 0 Å². The molecule has 1 N–H and O–H groups in total. The van der Waals surface area contributed by atoms with E-state index in [4.69, 9.17) is 4.74 Å². The van der Waals surface area contributed by atoms with Gasteiger partial charge in [-0.25, -0.2) is 0 Å². The van der Waals surface area contributed by atoms with Crippen LogP contribution in [0.15, 0.2) is 24.3 Å². The molecule has 21 heavy (non-hydrogen) atoms. The minimum absolute atomic E-state index is 0.0793. The van der Waals surface area contributed by atoms with Crippen LogP contribution < -0.4 is 0 Å². The van der Waals surface area contributed by atoms with E-state index in [9.17, 15) is 18.3 Å². The number of alkyl halides is 3. The fourth-order valence-corrected chi connectivity index (χ4v) is 3.33. The van der Waals surface area contributed by atoms with Crippen LogP contribution in [0, 0.1) is 5.92 Å². The highest BCUT2D eigenvalue weighted by molar-refractivity contribution is 5.32. The second-order valence-electron chi connectivity index (χ2n) is 6.81. The molecule has 2 nitrogen and oxygen atoms in total. The molecule has 0 aliphatic carbocycles. The van der Waals surface area contributed by atoms with Gasteiger partial charge in [0.15, 0.2) is 0 Å². The molecule has 0 bridgehead atoms. The summed E-state index contributed by atoms with van der Waals surface area (Å²) in [4.78, 5) is 0. The third-order valence-electron chi connectivity index (χ3n) is 4.11. The van der Waals surface area contributed by atoms with Gasteiger partial charge >= 0.3 is 6.18 Å². The zero-order valence-corrected chi connectivity index (χ0v) is 12.7. The first-order chi connectivity index (χ1) is 9.44. The van der Waals surface area contributed by atoms with E-state index < -0.39 is 35.0 Å². The summed E-state index contributed by atoms with van der Waals surface area (Å²) in [5.74, 6) is -0.393.